The minimum Gasteiger partial charge on any atom is -0.353 e. The first-order valence-electron chi connectivity index (χ1n) is 9.20. The van der Waals surface area contributed by atoms with Crippen LogP contribution in [0.15, 0.2) is 24.3 Å². The van der Waals surface area contributed by atoms with Crippen molar-refractivity contribution >= 4 is 15.9 Å². The molecule has 1 fully saturated rings. The number of nitrogens with one attached hydrogen (secondary N) is 1. The van der Waals surface area contributed by atoms with Crippen LogP contribution in [0.2, 0.25) is 0 Å². The maximum atomic E-state index is 13.2. The van der Waals surface area contributed by atoms with Gasteiger partial charge < -0.3 is 5.32 Å². The average Bonchev–Trinajstić information content (AvgIpc) is 2.90. The van der Waals surface area contributed by atoms with E-state index in [1.165, 1.54) is 22.7 Å². The molecule has 0 atom stereocenters. The molecule has 2 aromatic rings. The van der Waals surface area contributed by atoms with Crippen molar-refractivity contribution in [2.24, 2.45) is 0 Å². The van der Waals surface area contributed by atoms with E-state index in [1.54, 1.807) is 16.8 Å². The number of amides is 1. The number of halogens is 1. The highest BCUT2D eigenvalue weighted by atomic mass is 32.2. The number of rotatable bonds is 5. The largest absolute Gasteiger partial charge is 0.353 e. The molecule has 0 radical (unpaired) electrons. The van der Waals surface area contributed by atoms with E-state index in [1.807, 2.05) is 13.8 Å². The Labute approximate surface area is 164 Å². The summed E-state index contributed by atoms with van der Waals surface area (Å²) in [7, 11) is -3.18. The van der Waals surface area contributed by atoms with Gasteiger partial charge in [-0.3, -0.25) is 4.79 Å². The molecule has 1 aromatic carbocycles. The summed E-state index contributed by atoms with van der Waals surface area (Å²) in [5.74, 6) is -0.422. The standard InChI is InChI=1S/C19H25FN4O3S/c1-13-18(14(2)24(22-13)17-6-4-15(20)5-7-17)12-19(25)21-16-8-10-23(11-9-16)28(3,26)27/h4-7,16H,8-12H2,1-3H3,(H,21,25). The van der Waals surface area contributed by atoms with Crippen LogP contribution in [0.25, 0.3) is 5.69 Å². The summed E-state index contributed by atoms with van der Waals surface area (Å²) in [5, 5.41) is 7.49. The van der Waals surface area contributed by atoms with Gasteiger partial charge in [-0.25, -0.2) is 21.8 Å². The second-order valence-corrected chi connectivity index (χ2v) is 9.20. The number of aromatic nitrogens is 2. The third-order valence-electron chi connectivity index (χ3n) is 5.14. The van der Waals surface area contributed by atoms with E-state index in [9.17, 15) is 17.6 Å². The van der Waals surface area contributed by atoms with E-state index in [4.69, 9.17) is 0 Å². The zero-order valence-electron chi connectivity index (χ0n) is 16.3. The van der Waals surface area contributed by atoms with Crippen molar-refractivity contribution in [3.05, 3.63) is 47.0 Å². The van der Waals surface area contributed by atoms with Crippen LogP contribution in [-0.4, -0.2) is 53.8 Å². The lowest BCUT2D eigenvalue weighted by Gasteiger charge is -2.30. The summed E-state index contributed by atoms with van der Waals surface area (Å²) in [5.41, 5.74) is 3.17. The monoisotopic (exact) mass is 408 g/mol. The molecule has 1 saturated heterocycles. The molecule has 3 rings (SSSR count). The smallest absolute Gasteiger partial charge is 0.224 e. The van der Waals surface area contributed by atoms with Gasteiger partial charge in [0.15, 0.2) is 0 Å². The van der Waals surface area contributed by atoms with Gasteiger partial charge in [0.25, 0.3) is 0 Å². The van der Waals surface area contributed by atoms with Gasteiger partial charge in [0.05, 0.1) is 24.1 Å². The molecule has 28 heavy (non-hydrogen) atoms. The van der Waals surface area contributed by atoms with Crippen molar-refractivity contribution in [2.75, 3.05) is 19.3 Å². The lowest BCUT2D eigenvalue weighted by atomic mass is 10.1. The quantitative estimate of drug-likeness (QED) is 0.816. The highest BCUT2D eigenvalue weighted by Crippen LogP contribution is 2.19. The first-order valence-corrected chi connectivity index (χ1v) is 11.1. The van der Waals surface area contributed by atoms with Crippen LogP contribution >= 0.6 is 0 Å². The average molecular weight is 408 g/mol. The highest BCUT2D eigenvalue weighted by Gasteiger charge is 2.26. The fourth-order valence-corrected chi connectivity index (χ4v) is 4.41. The van der Waals surface area contributed by atoms with Crippen LogP contribution in [0.3, 0.4) is 0 Å². The third kappa shape index (κ3) is 4.59. The lowest BCUT2D eigenvalue weighted by molar-refractivity contribution is -0.121. The van der Waals surface area contributed by atoms with Gasteiger partial charge in [0.1, 0.15) is 5.82 Å². The van der Waals surface area contributed by atoms with Crippen molar-refractivity contribution in [3.63, 3.8) is 0 Å². The summed E-state index contributed by atoms with van der Waals surface area (Å²) in [6, 6.07) is 6.02. The molecule has 0 aliphatic carbocycles. The van der Waals surface area contributed by atoms with Crippen LogP contribution in [0, 0.1) is 19.7 Å². The van der Waals surface area contributed by atoms with Gasteiger partial charge in [-0.2, -0.15) is 5.10 Å². The van der Waals surface area contributed by atoms with Crippen molar-refractivity contribution in [1.29, 1.82) is 0 Å². The zero-order valence-corrected chi connectivity index (χ0v) is 17.1. The van der Waals surface area contributed by atoms with Gasteiger partial charge in [-0.1, -0.05) is 0 Å². The normalized spacial score (nSPS) is 16.3. The Morgan fingerprint density at radius 3 is 2.39 bits per heavy atom. The maximum Gasteiger partial charge on any atom is 0.224 e. The minimum absolute atomic E-state index is 0.0294. The van der Waals surface area contributed by atoms with Gasteiger partial charge in [0.2, 0.25) is 15.9 Å². The molecule has 0 bridgehead atoms. The Kier molecular flexibility index (Phi) is 5.85. The molecule has 152 valence electrons. The van der Waals surface area contributed by atoms with Crippen molar-refractivity contribution in [1.82, 2.24) is 19.4 Å². The van der Waals surface area contributed by atoms with Crippen LogP contribution in [0.5, 0.6) is 0 Å². The zero-order chi connectivity index (χ0) is 20.5. The van der Waals surface area contributed by atoms with Crippen LogP contribution < -0.4 is 5.32 Å². The fraction of sp³-hybridized carbons (Fsp3) is 0.474. The Morgan fingerprint density at radius 2 is 1.82 bits per heavy atom. The predicted molar refractivity (Wildman–Crippen MR) is 104 cm³/mol. The number of hydrogen-bond donors (Lipinski definition) is 1. The Balaban J connectivity index is 1.64. The van der Waals surface area contributed by atoms with Gasteiger partial charge in [-0.15, -0.1) is 0 Å². The van der Waals surface area contributed by atoms with Crippen molar-refractivity contribution in [3.8, 4) is 5.69 Å². The summed E-state index contributed by atoms with van der Waals surface area (Å²) in [4.78, 5) is 12.5. The fourth-order valence-electron chi connectivity index (χ4n) is 3.54. The number of sulfonamides is 1. The SMILES string of the molecule is Cc1nn(-c2ccc(F)cc2)c(C)c1CC(=O)NC1CCN(S(C)(=O)=O)CC1. The number of hydrogen-bond acceptors (Lipinski definition) is 4. The van der Waals surface area contributed by atoms with Gasteiger partial charge in [-0.05, 0) is 51.0 Å². The van der Waals surface area contributed by atoms with Crippen molar-refractivity contribution < 1.29 is 17.6 Å². The van der Waals surface area contributed by atoms with E-state index in [2.05, 4.69) is 10.4 Å². The molecule has 0 saturated carbocycles. The number of carbonyl (C=O) groups is 1. The van der Waals surface area contributed by atoms with E-state index in [-0.39, 0.29) is 24.2 Å². The second kappa shape index (κ2) is 8.00. The van der Waals surface area contributed by atoms with E-state index >= 15 is 0 Å². The Hall–Kier alpha value is -2.26. The molecule has 1 amide bonds. The molecule has 1 N–H and O–H groups in total. The van der Waals surface area contributed by atoms with Crippen LogP contribution in [-0.2, 0) is 21.2 Å². The summed E-state index contributed by atoms with van der Waals surface area (Å²) in [6.45, 7) is 4.57. The summed E-state index contributed by atoms with van der Waals surface area (Å²) < 4.78 is 39.5. The molecule has 2 heterocycles. The Bertz CT molecular complexity index is 962. The maximum absolute atomic E-state index is 13.2. The van der Waals surface area contributed by atoms with E-state index < -0.39 is 10.0 Å². The van der Waals surface area contributed by atoms with Crippen molar-refractivity contribution in [2.45, 2.75) is 39.2 Å². The lowest BCUT2D eigenvalue weighted by Crippen LogP contribution is -2.46. The Morgan fingerprint density at radius 1 is 1.21 bits per heavy atom. The molecule has 0 spiro atoms. The first-order chi connectivity index (χ1) is 13.1. The summed E-state index contributed by atoms with van der Waals surface area (Å²) in [6.07, 6.45) is 2.61. The second-order valence-electron chi connectivity index (χ2n) is 7.22. The number of aryl methyl sites for hydroxylation is 1. The van der Waals surface area contributed by atoms with Gasteiger partial charge >= 0.3 is 0 Å². The van der Waals surface area contributed by atoms with E-state index in [0.29, 0.717) is 25.9 Å². The third-order valence-corrected chi connectivity index (χ3v) is 6.44. The molecule has 7 nitrogen and oxygen atoms in total. The molecule has 1 aliphatic heterocycles. The molecule has 1 aromatic heterocycles. The number of piperidine rings is 1. The molecule has 0 unspecified atom stereocenters. The van der Waals surface area contributed by atoms with Crippen LogP contribution in [0.4, 0.5) is 4.39 Å². The molecule has 9 heteroatoms. The van der Waals surface area contributed by atoms with E-state index in [0.717, 1.165) is 22.6 Å². The molecular weight excluding hydrogens is 383 g/mol. The van der Waals surface area contributed by atoms with Crippen LogP contribution in [0.1, 0.15) is 29.8 Å². The molecule has 1 aliphatic rings. The van der Waals surface area contributed by atoms with Gasteiger partial charge in [0, 0.05) is 30.4 Å². The highest BCUT2D eigenvalue weighted by molar-refractivity contribution is 7.88. The molecular formula is C19H25FN4O3S. The minimum atomic E-state index is -3.18. The predicted octanol–water partition coefficient (Wildman–Crippen LogP) is 1.71. The topological polar surface area (TPSA) is 84.3 Å². The number of carbonyl (C=O) groups excluding carboxylic acids is 1. The first kappa shape index (κ1) is 20.5. The number of nitrogens with zero attached hydrogens (tertiary/aromatic N) is 3. The summed E-state index contributed by atoms with van der Waals surface area (Å²) >= 11 is 0. The number of benzene rings is 1.